The van der Waals surface area contributed by atoms with Crippen molar-refractivity contribution < 1.29 is 138 Å². The first kappa shape index (κ1) is 102. The van der Waals surface area contributed by atoms with E-state index in [-0.39, 0.29) is 55.3 Å². The van der Waals surface area contributed by atoms with E-state index in [1.165, 1.54) is 55.6 Å². The number of hydrogen-bond acceptors (Lipinski definition) is 32. The predicted molar refractivity (Wildman–Crippen MR) is 495 cm³/mol. The lowest BCUT2D eigenvalue weighted by molar-refractivity contribution is -0.381. The molecule has 734 valence electrons. The number of ether oxygens (including phenoxy) is 22. The Morgan fingerprint density at radius 1 is 0.284 bits per heavy atom. The number of aliphatic hydroxyl groups excluding tert-OH is 1. The quantitative estimate of drug-likeness (QED) is 0.0122. The predicted octanol–water partition coefficient (Wildman–Crippen LogP) is 13.9. The maximum absolute atomic E-state index is 15.4. The molecule has 1 N–H and O–H groups in total. The second kappa shape index (κ2) is 51.4. The summed E-state index contributed by atoms with van der Waals surface area (Å²) in [4.78, 5) is 99.4. The van der Waals surface area contributed by atoms with Crippen molar-refractivity contribution in [2.24, 2.45) is 15.3 Å². The first-order valence-corrected chi connectivity index (χ1v) is 45.3. The number of aliphatic hydroxyl groups is 1. The molecule has 5 aliphatic rings. The molecule has 0 aliphatic carbocycles. The number of carbonyl (C=O) groups excluding carboxylic acids is 6. The van der Waals surface area contributed by atoms with Crippen LogP contribution in [0.1, 0.15) is 74.8 Å². The highest BCUT2D eigenvalue weighted by atomic mass is 16.8. The number of nitrogens with zero attached hydrogens (tertiary/aromatic N) is 9. The van der Waals surface area contributed by atoms with Crippen LogP contribution in [-0.2, 0) is 153 Å². The fraction of sp³-hybridized carbons (Fsp3) is 0.359. The molecule has 0 radical (unpaired) electrons. The Kier molecular flexibility index (Phi) is 37.1. The van der Waals surface area contributed by atoms with Gasteiger partial charge in [-0.05, 0) is 98.5 Å². The molecule has 0 amide bonds. The van der Waals surface area contributed by atoms with Gasteiger partial charge in [0, 0.05) is 21.8 Å². The van der Waals surface area contributed by atoms with Crippen LogP contribution in [0, 0.1) is 0 Å². The summed E-state index contributed by atoms with van der Waals surface area (Å²) in [7, 11) is 3.36. The zero-order chi connectivity index (χ0) is 98.2. The molecule has 5 fully saturated rings. The van der Waals surface area contributed by atoms with E-state index in [0.29, 0.717) is 33.4 Å². The van der Waals surface area contributed by atoms with Gasteiger partial charge in [0.25, 0.3) is 0 Å². The molecule has 0 saturated carbocycles. The minimum atomic E-state index is -2.21. The number of hydrogen-bond donors (Lipinski definition) is 1. The molecule has 25 atom stereocenters. The standard InChI is InChI=1S/C103H103N9O29/c1-120-97(118)89-87(138-100-77(108-111-105)82(124-56-64-36-16-5-17-37-64)79(123-55-63-34-14-4-15-35-63)74(133-100)61-129-93(114)69-46-26-10-27-47-69)85(126-58-66-40-20-7-21-41-66)91(128-60-68-44-24-9-25-45-68)102(140-89)136-80-73(54-113)131-101(78(109-112-106)84(80)134-95(116)71-50-30-12-31-51-71)139-88-86(127-59-67-42-22-8-23-43-67)92(135-96(117)72-52-32-13-33-53-72)103(141-90(88)98(119)121-2)137-81-75(62-130-94(115)70-48-28-11-29-49-70)132-99(122-3)76(107-110-104)83(81)125-57-65-38-18-6-19-39-65/h4-53,73-92,99-103,113H,54-62H2,1-3H3/t73?,74?,75?,76?,77?,78?,79-,80+,81+,82-,83-,84+,85+,86-,87-,88+,89?,90?,91?,92?,99-,100+,101-,102+,103+/m0/s1. The van der Waals surface area contributed by atoms with Gasteiger partial charge < -0.3 is 109 Å². The Labute approximate surface area is 809 Å². The van der Waals surface area contributed by atoms with Crippen LogP contribution < -0.4 is 0 Å². The topological polar surface area (TPSA) is 472 Å². The molecule has 10 aromatic rings. The number of azide groups is 3. The first-order chi connectivity index (χ1) is 69.1. The van der Waals surface area contributed by atoms with Gasteiger partial charge in [-0.25, -0.2) is 28.8 Å². The van der Waals surface area contributed by atoms with Crippen LogP contribution in [0.5, 0.6) is 0 Å². The average molecular weight is 1930 g/mol. The van der Waals surface area contributed by atoms with E-state index in [0.717, 1.165) is 14.2 Å². The smallest absolute Gasteiger partial charge is 0.338 e. The van der Waals surface area contributed by atoms with Gasteiger partial charge in [0.05, 0.1) is 82.7 Å². The molecule has 15 rings (SSSR count). The zero-order valence-electron chi connectivity index (χ0n) is 76.6. The van der Waals surface area contributed by atoms with Gasteiger partial charge >= 0.3 is 35.8 Å². The monoisotopic (exact) mass is 1930 g/mol. The van der Waals surface area contributed by atoms with E-state index in [4.69, 9.17) is 104 Å². The fourth-order valence-electron chi connectivity index (χ4n) is 16.9. The minimum absolute atomic E-state index is 0.0417. The lowest BCUT2D eigenvalue weighted by Gasteiger charge is -2.51. The highest BCUT2D eigenvalue weighted by molar-refractivity contribution is 5.91. The van der Waals surface area contributed by atoms with E-state index in [2.05, 4.69) is 30.1 Å². The number of benzene rings is 10. The molecule has 141 heavy (non-hydrogen) atoms. The summed E-state index contributed by atoms with van der Waals surface area (Å²) in [5, 5.41) is 25.0. The van der Waals surface area contributed by atoms with Crippen LogP contribution in [-0.4, -0.2) is 235 Å². The van der Waals surface area contributed by atoms with Crippen LogP contribution in [0.3, 0.4) is 0 Å². The van der Waals surface area contributed by atoms with Gasteiger partial charge in [-0.2, -0.15) is 0 Å². The highest BCUT2D eigenvalue weighted by Gasteiger charge is 2.62. The maximum Gasteiger partial charge on any atom is 0.338 e. The van der Waals surface area contributed by atoms with Crippen LogP contribution in [0.2, 0.25) is 0 Å². The SMILES string of the molecule is COC(=O)C1O[C@@H](O[C@@H]2C(CO)O[C@@H](O[C@H]3C(C(=O)OC)O[C@@H](O[C@@H]4C(COC(=O)c5ccccc5)O[C@H](OC)C(N=[N+]=[N-])[C@@H]4OCc4ccccc4)C(OC(=O)c4ccccc4)[C@H]3OCc3ccccc3)C(N=[N+]=[N-])[C@H]2OC(=O)c2ccccc2)C(OCc2ccccc2)[C@H](OCc2ccccc2)[C@@H]1O[C@H]1OC(COC(=O)c2ccccc2)[C@H](OCc2ccccc2)[C@@H](OCc2ccccc2)C1N=[N+]=[N-]. The van der Waals surface area contributed by atoms with Crippen LogP contribution in [0.25, 0.3) is 31.3 Å². The third kappa shape index (κ3) is 26.5. The molecule has 10 unspecified atom stereocenters. The molecule has 38 heteroatoms. The average Bonchev–Trinajstić information content (AvgIpc) is 0.752. The normalized spacial score (nSPS) is 27.4. The first-order valence-electron chi connectivity index (χ1n) is 45.3. The van der Waals surface area contributed by atoms with Crippen molar-refractivity contribution in [2.75, 3.05) is 41.2 Å². The van der Waals surface area contributed by atoms with Crippen LogP contribution in [0.15, 0.2) is 319 Å². The molecule has 0 aromatic heterocycles. The number of carbonyl (C=O) groups is 6. The molecule has 0 bridgehead atoms. The minimum Gasteiger partial charge on any atom is -0.467 e. The van der Waals surface area contributed by atoms with E-state index in [1.807, 2.05) is 48.5 Å². The van der Waals surface area contributed by atoms with E-state index in [9.17, 15) is 31.3 Å². The van der Waals surface area contributed by atoms with Crippen molar-refractivity contribution in [1.82, 2.24) is 0 Å². The van der Waals surface area contributed by atoms with Crippen molar-refractivity contribution in [2.45, 2.75) is 193 Å². The molecule has 5 heterocycles. The zero-order valence-corrected chi connectivity index (χ0v) is 76.6. The van der Waals surface area contributed by atoms with Gasteiger partial charge in [0.1, 0.15) is 117 Å². The van der Waals surface area contributed by atoms with Crippen molar-refractivity contribution >= 4 is 35.8 Å². The summed E-state index contributed by atoms with van der Waals surface area (Å²) in [5.41, 5.74) is 36.1. The van der Waals surface area contributed by atoms with Gasteiger partial charge in [-0.3, -0.25) is 0 Å². The summed E-state index contributed by atoms with van der Waals surface area (Å²) in [5.74, 6) is -6.13. The highest BCUT2D eigenvalue weighted by Crippen LogP contribution is 2.43. The van der Waals surface area contributed by atoms with Crippen molar-refractivity contribution in [1.29, 1.82) is 0 Å². The molecule has 0 spiro atoms. The number of esters is 6. The second-order valence-electron chi connectivity index (χ2n) is 32.9. The summed E-state index contributed by atoms with van der Waals surface area (Å²) in [6.07, 6.45) is -39.9. The summed E-state index contributed by atoms with van der Waals surface area (Å²) in [6, 6.07) is 79.4. The fourth-order valence-corrected chi connectivity index (χ4v) is 16.9. The number of rotatable bonds is 43. The Morgan fingerprint density at radius 2 is 0.546 bits per heavy atom. The van der Waals surface area contributed by atoms with E-state index < -0.39 is 216 Å². The Hall–Kier alpha value is -13.7. The van der Waals surface area contributed by atoms with Crippen LogP contribution >= 0.6 is 0 Å². The van der Waals surface area contributed by atoms with Crippen molar-refractivity contribution in [3.8, 4) is 0 Å². The second-order valence-corrected chi connectivity index (χ2v) is 32.9. The molecular weight excluding hydrogens is 1830 g/mol. The molecule has 38 nitrogen and oxygen atoms in total. The third-order valence-electron chi connectivity index (χ3n) is 23.8. The molecule has 5 aliphatic heterocycles. The van der Waals surface area contributed by atoms with Gasteiger partial charge in [0.15, 0.2) is 49.8 Å². The van der Waals surface area contributed by atoms with E-state index in [1.54, 1.807) is 206 Å². The van der Waals surface area contributed by atoms with Gasteiger partial charge in [0.2, 0.25) is 0 Å². The van der Waals surface area contributed by atoms with Crippen molar-refractivity contribution in [3.63, 3.8) is 0 Å². The molecule has 10 aromatic carbocycles. The van der Waals surface area contributed by atoms with Gasteiger partial charge in [-0.1, -0.05) is 270 Å². The Morgan fingerprint density at radius 3 is 0.894 bits per heavy atom. The largest absolute Gasteiger partial charge is 0.467 e. The lowest BCUT2D eigenvalue weighted by atomic mass is 9.93. The van der Waals surface area contributed by atoms with Gasteiger partial charge in [-0.15, -0.1) is 0 Å². The summed E-state index contributed by atoms with van der Waals surface area (Å²) >= 11 is 0. The summed E-state index contributed by atoms with van der Waals surface area (Å²) in [6.45, 7) is -3.74. The van der Waals surface area contributed by atoms with Crippen molar-refractivity contribution in [3.05, 3.63) is 390 Å². The lowest BCUT2D eigenvalue weighted by Crippen LogP contribution is -2.69. The summed E-state index contributed by atoms with van der Waals surface area (Å²) < 4.78 is 147. The third-order valence-corrected chi connectivity index (χ3v) is 23.8. The number of methoxy groups -OCH3 is 3. The Balaban J connectivity index is 0.837. The Bertz CT molecular complexity index is 5790. The molecule has 5 saturated heterocycles. The van der Waals surface area contributed by atoms with Crippen LogP contribution in [0.4, 0.5) is 0 Å². The molecular formula is C103H103N9O29. The maximum atomic E-state index is 15.4. The van der Waals surface area contributed by atoms with E-state index >= 15 is 19.2 Å².